The maximum absolute atomic E-state index is 11.8. The van der Waals surface area contributed by atoms with Crippen LogP contribution in [-0.2, 0) is 6.54 Å². The fraction of sp³-hybridized carbons (Fsp3) is 0.562. The summed E-state index contributed by atoms with van der Waals surface area (Å²) >= 11 is 3.78. The first kappa shape index (κ1) is 15.4. The number of hydrogen-bond donors (Lipinski definition) is 0. The molecule has 20 heavy (non-hydrogen) atoms. The summed E-state index contributed by atoms with van der Waals surface area (Å²) in [4.78, 5) is 12.1. The van der Waals surface area contributed by atoms with Crippen LogP contribution in [0.3, 0.4) is 0 Å². The first-order valence-corrected chi connectivity index (χ1v) is 8.09. The molecule has 4 heteroatoms. The van der Waals surface area contributed by atoms with Crippen LogP contribution in [0.15, 0.2) is 27.4 Å². The third kappa shape index (κ3) is 2.71. The van der Waals surface area contributed by atoms with Crippen LogP contribution in [0.5, 0.6) is 0 Å². The predicted octanol–water partition coefficient (Wildman–Crippen LogP) is 4.88. The van der Waals surface area contributed by atoms with Gasteiger partial charge in [0.1, 0.15) is 0 Å². The molecule has 0 aliphatic heterocycles. The van der Waals surface area contributed by atoms with Crippen molar-refractivity contribution in [1.29, 1.82) is 0 Å². The van der Waals surface area contributed by atoms with Crippen molar-refractivity contribution in [3.8, 4) is 0 Å². The van der Waals surface area contributed by atoms with E-state index in [1.807, 2.05) is 12.1 Å². The van der Waals surface area contributed by atoms with Crippen molar-refractivity contribution in [1.82, 2.24) is 4.57 Å². The Morgan fingerprint density at radius 2 is 2.05 bits per heavy atom. The summed E-state index contributed by atoms with van der Waals surface area (Å²) in [5.74, 6) is -0.264. The summed E-state index contributed by atoms with van der Waals surface area (Å²) < 4.78 is 7.08. The van der Waals surface area contributed by atoms with Gasteiger partial charge in [0.05, 0.1) is 5.52 Å². The smallest absolute Gasteiger partial charge is 0.408 e. The van der Waals surface area contributed by atoms with E-state index >= 15 is 0 Å². The Morgan fingerprint density at radius 3 is 2.65 bits per heavy atom. The summed E-state index contributed by atoms with van der Waals surface area (Å²) in [7, 11) is 0. The van der Waals surface area contributed by atoms with Gasteiger partial charge in [-0.2, -0.15) is 0 Å². The second kappa shape index (κ2) is 5.76. The van der Waals surface area contributed by atoms with Crippen molar-refractivity contribution in [2.75, 3.05) is 0 Å². The quantitative estimate of drug-likeness (QED) is 0.728. The molecule has 2 rings (SSSR count). The fourth-order valence-corrected chi connectivity index (χ4v) is 2.91. The van der Waals surface area contributed by atoms with E-state index < -0.39 is 0 Å². The van der Waals surface area contributed by atoms with E-state index in [2.05, 4.69) is 49.7 Å². The van der Waals surface area contributed by atoms with Crippen LogP contribution in [0.25, 0.3) is 11.1 Å². The molecule has 1 aromatic heterocycles. The molecule has 0 aliphatic carbocycles. The average Bonchev–Trinajstić information content (AvgIpc) is 2.74. The molecule has 0 radical (unpaired) electrons. The van der Waals surface area contributed by atoms with Crippen LogP contribution < -0.4 is 5.76 Å². The first-order valence-electron chi connectivity index (χ1n) is 7.18. The molecule has 110 valence electrons. The Hall–Kier alpha value is -1.03. The van der Waals surface area contributed by atoms with Gasteiger partial charge in [-0.25, -0.2) is 4.79 Å². The molecule has 0 amide bonds. The van der Waals surface area contributed by atoms with Gasteiger partial charge in [0.25, 0.3) is 0 Å². The highest BCUT2D eigenvalue weighted by Gasteiger charge is 2.27. The molecule has 3 nitrogen and oxygen atoms in total. The lowest BCUT2D eigenvalue weighted by molar-refractivity contribution is 0.346. The lowest BCUT2D eigenvalue weighted by Gasteiger charge is -2.29. The van der Waals surface area contributed by atoms with Gasteiger partial charge in [-0.15, -0.1) is 0 Å². The summed E-state index contributed by atoms with van der Waals surface area (Å²) in [6.45, 7) is 9.40. The van der Waals surface area contributed by atoms with Crippen molar-refractivity contribution < 1.29 is 4.42 Å². The molecular weight excluding hydrogens is 318 g/mol. The van der Waals surface area contributed by atoms with E-state index in [0.717, 1.165) is 23.9 Å². The number of nitrogens with zero attached hydrogens (tertiary/aromatic N) is 1. The van der Waals surface area contributed by atoms with Crippen LogP contribution >= 0.6 is 15.9 Å². The van der Waals surface area contributed by atoms with Crippen molar-refractivity contribution in [2.45, 2.75) is 51.9 Å². The normalized spacial score (nSPS) is 13.8. The number of benzene rings is 1. The highest BCUT2D eigenvalue weighted by atomic mass is 79.9. The Morgan fingerprint density at radius 1 is 1.35 bits per heavy atom. The standard InChI is InChI=1S/C16H22BrNO2/c1-5-9-18-12-8-7-11(10-13(12)20-15(18)19)14(17)16(3,4)6-2/h7-8,10,14H,5-6,9H2,1-4H3. The predicted molar refractivity (Wildman–Crippen MR) is 86.5 cm³/mol. The number of aromatic nitrogens is 1. The molecule has 0 aliphatic rings. The molecule has 2 aromatic rings. The molecule has 0 saturated carbocycles. The van der Waals surface area contributed by atoms with E-state index in [9.17, 15) is 4.79 Å². The van der Waals surface area contributed by atoms with Crippen molar-refractivity contribution in [3.63, 3.8) is 0 Å². The third-order valence-corrected chi connectivity index (χ3v) is 5.80. The molecule has 0 saturated heterocycles. The summed E-state index contributed by atoms with van der Waals surface area (Å²) in [5.41, 5.74) is 2.87. The zero-order valence-corrected chi connectivity index (χ0v) is 14.2. The number of halogens is 1. The van der Waals surface area contributed by atoms with Gasteiger partial charge in [-0.3, -0.25) is 4.57 Å². The largest absolute Gasteiger partial charge is 0.419 e. The number of rotatable bonds is 5. The minimum atomic E-state index is -0.264. The van der Waals surface area contributed by atoms with Crippen molar-refractivity contribution in [3.05, 3.63) is 34.3 Å². The number of hydrogen-bond acceptors (Lipinski definition) is 2. The average molecular weight is 340 g/mol. The van der Waals surface area contributed by atoms with Crippen molar-refractivity contribution in [2.24, 2.45) is 5.41 Å². The minimum absolute atomic E-state index is 0.153. The first-order chi connectivity index (χ1) is 9.40. The highest BCUT2D eigenvalue weighted by Crippen LogP contribution is 2.43. The minimum Gasteiger partial charge on any atom is -0.408 e. The zero-order chi connectivity index (χ0) is 14.9. The number of aryl methyl sites for hydroxylation is 1. The molecular formula is C16H22BrNO2. The van der Waals surface area contributed by atoms with Gasteiger partial charge in [-0.1, -0.05) is 49.7 Å². The Labute approximate surface area is 128 Å². The molecule has 0 fully saturated rings. The van der Waals surface area contributed by atoms with Crippen LogP contribution in [0.1, 0.15) is 50.9 Å². The van der Waals surface area contributed by atoms with Crippen LogP contribution in [0, 0.1) is 5.41 Å². The fourth-order valence-electron chi connectivity index (χ4n) is 2.31. The van der Waals surface area contributed by atoms with Crippen LogP contribution in [0.2, 0.25) is 0 Å². The highest BCUT2D eigenvalue weighted by molar-refractivity contribution is 9.09. The lowest BCUT2D eigenvalue weighted by atomic mass is 9.83. The molecule has 0 bridgehead atoms. The topological polar surface area (TPSA) is 35.1 Å². The van der Waals surface area contributed by atoms with Gasteiger partial charge >= 0.3 is 5.76 Å². The molecule has 1 aromatic carbocycles. The third-order valence-electron chi connectivity index (χ3n) is 4.03. The van der Waals surface area contributed by atoms with E-state index in [-0.39, 0.29) is 16.0 Å². The van der Waals surface area contributed by atoms with E-state index in [0.29, 0.717) is 12.1 Å². The number of fused-ring (bicyclic) bond motifs is 1. The van der Waals surface area contributed by atoms with E-state index in [4.69, 9.17) is 4.42 Å². The second-order valence-electron chi connectivity index (χ2n) is 5.95. The van der Waals surface area contributed by atoms with Crippen LogP contribution in [-0.4, -0.2) is 4.57 Å². The molecule has 1 unspecified atom stereocenters. The number of oxazole rings is 1. The SMILES string of the molecule is CCCn1c(=O)oc2cc(C(Br)C(C)(C)CC)ccc21. The van der Waals surface area contributed by atoms with E-state index in [1.165, 1.54) is 0 Å². The Balaban J connectivity index is 2.48. The van der Waals surface area contributed by atoms with Gasteiger partial charge in [0.15, 0.2) is 5.58 Å². The Kier molecular flexibility index (Phi) is 4.43. The molecule has 1 atom stereocenters. The van der Waals surface area contributed by atoms with Crippen molar-refractivity contribution >= 4 is 27.0 Å². The molecule has 0 N–H and O–H groups in total. The monoisotopic (exact) mass is 339 g/mol. The van der Waals surface area contributed by atoms with Gasteiger partial charge in [0.2, 0.25) is 0 Å². The molecule has 0 spiro atoms. The maximum Gasteiger partial charge on any atom is 0.419 e. The van der Waals surface area contributed by atoms with E-state index in [1.54, 1.807) is 4.57 Å². The number of alkyl halides is 1. The second-order valence-corrected chi connectivity index (χ2v) is 6.87. The van der Waals surface area contributed by atoms with Gasteiger partial charge in [-0.05, 0) is 36.0 Å². The van der Waals surface area contributed by atoms with Gasteiger partial charge < -0.3 is 4.42 Å². The lowest BCUT2D eigenvalue weighted by Crippen LogP contribution is -2.16. The summed E-state index contributed by atoms with van der Waals surface area (Å²) in [6.07, 6.45) is 1.99. The van der Waals surface area contributed by atoms with Crippen LogP contribution in [0.4, 0.5) is 0 Å². The van der Waals surface area contributed by atoms with Gasteiger partial charge in [0, 0.05) is 11.4 Å². The summed E-state index contributed by atoms with van der Waals surface area (Å²) in [6, 6.07) is 6.06. The molecule has 1 heterocycles. The zero-order valence-electron chi connectivity index (χ0n) is 12.6. The summed E-state index contributed by atoms with van der Waals surface area (Å²) in [5, 5.41) is 0. The maximum atomic E-state index is 11.8. The Bertz CT molecular complexity index is 654.